The first-order chi connectivity index (χ1) is 16.0. The lowest BCUT2D eigenvalue weighted by atomic mass is 9.77. The quantitative estimate of drug-likeness (QED) is 0.115. The van der Waals surface area contributed by atoms with Crippen LogP contribution in [-0.2, 0) is 9.47 Å². The smallest absolute Gasteiger partial charge is 0.189 e. The number of rotatable bonds is 7. The van der Waals surface area contributed by atoms with Gasteiger partial charge in [-0.15, -0.1) is 0 Å². The first kappa shape index (κ1) is 27.8. The van der Waals surface area contributed by atoms with Gasteiger partial charge in [-0.25, -0.2) is 0 Å². The highest BCUT2D eigenvalue weighted by molar-refractivity contribution is 5.22. The van der Waals surface area contributed by atoms with E-state index in [1.165, 1.54) is 6.08 Å². The number of hydrogen-bond donors (Lipinski definition) is 12. The molecule has 1 saturated carbocycles. The summed E-state index contributed by atoms with van der Waals surface area (Å²) in [4.78, 5) is 0. The molecular formula is C20H35NO13. The molecule has 0 aromatic heterocycles. The molecule has 0 spiro atoms. The average Bonchev–Trinajstić information content (AvgIpc) is 2.83. The number of aliphatic hydroxyl groups is 11. The lowest BCUT2D eigenvalue weighted by molar-refractivity contribution is -0.353. The van der Waals surface area contributed by atoms with Crippen LogP contribution in [0.5, 0.6) is 0 Å². The maximum Gasteiger partial charge on any atom is 0.189 e. The normalized spacial score (nSPS) is 50.1. The second-order valence-corrected chi connectivity index (χ2v) is 9.12. The molecule has 13 unspecified atom stereocenters. The van der Waals surface area contributed by atoms with Gasteiger partial charge in [0.15, 0.2) is 12.0 Å². The molecule has 2 fully saturated rings. The van der Waals surface area contributed by atoms with E-state index < -0.39 is 98.7 Å². The van der Waals surface area contributed by atoms with Gasteiger partial charge in [0.05, 0.1) is 25.4 Å². The number of nitrogens with one attached hydrogen (secondary N) is 1. The van der Waals surface area contributed by atoms with Gasteiger partial charge in [0.2, 0.25) is 0 Å². The van der Waals surface area contributed by atoms with E-state index in [-0.39, 0.29) is 18.4 Å². The molecule has 0 aromatic carbocycles. The molecule has 14 nitrogen and oxygen atoms in total. The lowest BCUT2D eigenvalue weighted by Crippen LogP contribution is -2.72. The first-order valence-corrected chi connectivity index (χ1v) is 11.1. The highest BCUT2D eigenvalue weighted by atomic mass is 16.7. The molecule has 1 aliphatic heterocycles. The second kappa shape index (κ2) is 11.1. The molecule has 1 heterocycles. The van der Waals surface area contributed by atoms with Gasteiger partial charge in [-0.3, -0.25) is 5.32 Å². The minimum atomic E-state index is -2.01. The molecule has 1 saturated heterocycles. The van der Waals surface area contributed by atoms with E-state index in [2.05, 4.69) is 5.32 Å². The Kier molecular flexibility index (Phi) is 9.03. The number of aliphatic hydroxyl groups excluding tert-OH is 11. The summed E-state index contributed by atoms with van der Waals surface area (Å²) in [7, 11) is 0. The summed E-state index contributed by atoms with van der Waals surface area (Å²) in [5.41, 5.74) is -2.04. The third kappa shape index (κ3) is 5.02. The molecule has 12 N–H and O–H groups in total. The zero-order valence-corrected chi connectivity index (χ0v) is 18.3. The van der Waals surface area contributed by atoms with Crippen LogP contribution in [0.3, 0.4) is 0 Å². The van der Waals surface area contributed by atoms with Gasteiger partial charge in [0.25, 0.3) is 0 Å². The molecule has 0 bridgehead atoms. The Morgan fingerprint density at radius 3 is 2.12 bits per heavy atom. The van der Waals surface area contributed by atoms with Gasteiger partial charge < -0.3 is 65.6 Å². The molecule has 13 atom stereocenters. The van der Waals surface area contributed by atoms with E-state index >= 15 is 0 Å². The van der Waals surface area contributed by atoms with Gasteiger partial charge >= 0.3 is 0 Å². The Hall–Kier alpha value is -0.820. The van der Waals surface area contributed by atoms with Crippen molar-refractivity contribution in [3.8, 4) is 0 Å². The third-order valence-electron chi connectivity index (χ3n) is 6.99. The first-order valence-electron chi connectivity index (χ1n) is 11.1. The topological polar surface area (TPSA) is 253 Å². The van der Waals surface area contributed by atoms with Crippen molar-refractivity contribution in [2.24, 2.45) is 5.92 Å². The van der Waals surface area contributed by atoms with Gasteiger partial charge in [-0.1, -0.05) is 6.08 Å². The van der Waals surface area contributed by atoms with E-state index in [0.717, 1.165) is 0 Å². The van der Waals surface area contributed by atoms with Crippen molar-refractivity contribution in [1.82, 2.24) is 5.32 Å². The van der Waals surface area contributed by atoms with E-state index in [4.69, 9.17) is 9.47 Å². The summed E-state index contributed by atoms with van der Waals surface area (Å²) in [6, 6.07) is -1.24. The highest BCUT2D eigenvalue weighted by Crippen LogP contribution is 2.38. The predicted octanol–water partition coefficient (Wildman–Crippen LogP) is -6.40. The number of hydrogen-bond acceptors (Lipinski definition) is 14. The monoisotopic (exact) mass is 497 g/mol. The van der Waals surface area contributed by atoms with Crippen molar-refractivity contribution in [1.29, 1.82) is 0 Å². The van der Waals surface area contributed by atoms with Crippen LogP contribution < -0.4 is 5.32 Å². The summed E-state index contributed by atoms with van der Waals surface area (Å²) in [5, 5.41) is 114. The zero-order chi connectivity index (χ0) is 25.4. The Labute approximate surface area is 194 Å². The van der Waals surface area contributed by atoms with E-state index in [9.17, 15) is 56.2 Å². The fourth-order valence-corrected chi connectivity index (χ4v) is 4.75. The summed E-state index contributed by atoms with van der Waals surface area (Å²) >= 11 is 0. The SMILES string of the molecule is OCC1=CC(NC2(OC3OC(CO)C(O)C(O)C3O)CCC(CO)C(O)C2O)C(O)C(O)C1O. The van der Waals surface area contributed by atoms with Gasteiger partial charge in [-0.2, -0.15) is 0 Å². The van der Waals surface area contributed by atoms with Gasteiger partial charge in [0, 0.05) is 12.5 Å². The second-order valence-electron chi connectivity index (χ2n) is 9.12. The fraction of sp³-hybridized carbons (Fsp3) is 0.900. The average molecular weight is 497 g/mol. The van der Waals surface area contributed by atoms with Crippen molar-refractivity contribution < 1.29 is 65.6 Å². The van der Waals surface area contributed by atoms with Crippen LogP contribution >= 0.6 is 0 Å². The van der Waals surface area contributed by atoms with Crippen LogP contribution in [0, 0.1) is 5.92 Å². The van der Waals surface area contributed by atoms with Crippen molar-refractivity contribution in [3.05, 3.63) is 11.6 Å². The molecule has 0 amide bonds. The minimum Gasteiger partial charge on any atom is -0.396 e. The largest absolute Gasteiger partial charge is 0.396 e. The van der Waals surface area contributed by atoms with Crippen LogP contribution in [0.15, 0.2) is 11.6 Å². The molecule has 3 aliphatic rings. The van der Waals surface area contributed by atoms with E-state index in [1.807, 2.05) is 0 Å². The molecular weight excluding hydrogens is 462 g/mol. The third-order valence-corrected chi connectivity index (χ3v) is 6.99. The fourth-order valence-electron chi connectivity index (χ4n) is 4.75. The van der Waals surface area contributed by atoms with Crippen molar-refractivity contribution in [2.45, 2.75) is 85.8 Å². The van der Waals surface area contributed by atoms with Gasteiger partial charge in [0.1, 0.15) is 48.8 Å². The van der Waals surface area contributed by atoms with E-state index in [1.54, 1.807) is 0 Å². The van der Waals surface area contributed by atoms with Crippen LogP contribution in [0.1, 0.15) is 12.8 Å². The molecule has 14 heteroatoms. The molecule has 0 radical (unpaired) electrons. The van der Waals surface area contributed by atoms with Gasteiger partial charge in [-0.05, 0) is 18.4 Å². The summed E-state index contributed by atoms with van der Waals surface area (Å²) < 4.78 is 11.2. The van der Waals surface area contributed by atoms with Crippen LogP contribution in [0.4, 0.5) is 0 Å². The van der Waals surface area contributed by atoms with Crippen LogP contribution in [0.2, 0.25) is 0 Å². The Bertz CT molecular complexity index is 710. The van der Waals surface area contributed by atoms with Crippen LogP contribution in [-0.4, -0.2) is 149 Å². The zero-order valence-electron chi connectivity index (χ0n) is 18.3. The van der Waals surface area contributed by atoms with Crippen LogP contribution in [0.25, 0.3) is 0 Å². The van der Waals surface area contributed by atoms with E-state index in [0.29, 0.717) is 0 Å². The Morgan fingerprint density at radius 2 is 1.53 bits per heavy atom. The maximum absolute atomic E-state index is 11.0. The minimum absolute atomic E-state index is 0.0302. The van der Waals surface area contributed by atoms with Crippen molar-refractivity contribution in [2.75, 3.05) is 19.8 Å². The summed E-state index contributed by atoms with van der Waals surface area (Å²) in [6.45, 7) is -1.85. The standard InChI is InChI=1S/C20H35NO13/c22-4-7-1-2-20(18(32)12(7)26,21-9-3-8(5-23)11(25)15(29)13(9)27)34-19-17(31)16(30)14(28)10(6-24)33-19/h3,7,9-19,21-32H,1-2,4-6H2. The summed E-state index contributed by atoms with van der Waals surface area (Å²) in [5.74, 6) is -0.740. The van der Waals surface area contributed by atoms with Crippen molar-refractivity contribution >= 4 is 0 Å². The Morgan fingerprint density at radius 1 is 0.853 bits per heavy atom. The molecule has 3 rings (SSSR count). The maximum atomic E-state index is 11.0. The number of ether oxygens (including phenoxy) is 2. The van der Waals surface area contributed by atoms with Crippen molar-refractivity contribution in [3.63, 3.8) is 0 Å². The molecule has 2 aliphatic carbocycles. The predicted molar refractivity (Wildman–Crippen MR) is 110 cm³/mol. The highest BCUT2D eigenvalue weighted by Gasteiger charge is 2.55. The molecule has 198 valence electrons. The molecule has 34 heavy (non-hydrogen) atoms. The summed E-state index contributed by atoms with van der Waals surface area (Å²) in [6.07, 6.45) is -15.4. The molecule has 0 aromatic rings. The Balaban J connectivity index is 1.95. The lowest BCUT2D eigenvalue weighted by Gasteiger charge is -2.52.